The van der Waals surface area contributed by atoms with E-state index in [1.807, 2.05) is 20.8 Å². The highest BCUT2D eigenvalue weighted by Gasteiger charge is 2.10. The summed E-state index contributed by atoms with van der Waals surface area (Å²) in [6.07, 6.45) is 0.620. The van der Waals surface area contributed by atoms with Gasteiger partial charge in [-0.15, -0.1) is 0 Å². The van der Waals surface area contributed by atoms with E-state index in [1.165, 1.54) is 0 Å². The molecule has 5 heteroatoms. The molecule has 78 valence electrons. The molecule has 0 saturated heterocycles. The second-order valence-corrected chi connectivity index (χ2v) is 2.92. The standard InChI is InChI=1S/C9H16N4O/c1-4-7-11-8(6(3)14-5-2)13-9(10)12-7/h6H,4-5H2,1-3H3,(H2,10,11,12,13). The van der Waals surface area contributed by atoms with E-state index in [4.69, 9.17) is 10.5 Å². The lowest BCUT2D eigenvalue weighted by molar-refractivity contribution is 0.0698. The molecule has 0 aliphatic rings. The molecule has 1 unspecified atom stereocenters. The summed E-state index contributed by atoms with van der Waals surface area (Å²) in [7, 11) is 0. The summed E-state index contributed by atoms with van der Waals surface area (Å²) in [5, 5.41) is 0. The second-order valence-electron chi connectivity index (χ2n) is 2.92. The van der Waals surface area contributed by atoms with E-state index in [0.717, 1.165) is 6.42 Å². The number of aromatic nitrogens is 3. The Hall–Kier alpha value is -1.23. The maximum Gasteiger partial charge on any atom is 0.223 e. The maximum absolute atomic E-state index is 5.55. The van der Waals surface area contributed by atoms with Gasteiger partial charge in [-0.25, -0.2) is 4.98 Å². The molecule has 0 fully saturated rings. The predicted molar refractivity (Wildman–Crippen MR) is 53.7 cm³/mol. The zero-order valence-electron chi connectivity index (χ0n) is 8.82. The monoisotopic (exact) mass is 196 g/mol. The topological polar surface area (TPSA) is 73.9 Å². The van der Waals surface area contributed by atoms with Gasteiger partial charge in [0.25, 0.3) is 0 Å². The summed E-state index contributed by atoms with van der Waals surface area (Å²) in [5.41, 5.74) is 5.55. The van der Waals surface area contributed by atoms with E-state index in [-0.39, 0.29) is 12.1 Å². The fourth-order valence-electron chi connectivity index (χ4n) is 1.12. The molecule has 5 nitrogen and oxygen atoms in total. The van der Waals surface area contributed by atoms with Crippen molar-refractivity contribution in [3.63, 3.8) is 0 Å². The van der Waals surface area contributed by atoms with Gasteiger partial charge in [0.05, 0.1) is 0 Å². The van der Waals surface area contributed by atoms with Gasteiger partial charge in [-0.3, -0.25) is 0 Å². The van der Waals surface area contributed by atoms with E-state index >= 15 is 0 Å². The van der Waals surface area contributed by atoms with Gasteiger partial charge in [-0.2, -0.15) is 9.97 Å². The summed E-state index contributed by atoms with van der Waals surface area (Å²) >= 11 is 0. The summed E-state index contributed by atoms with van der Waals surface area (Å²) in [4.78, 5) is 12.3. The van der Waals surface area contributed by atoms with Crippen molar-refractivity contribution in [1.29, 1.82) is 0 Å². The van der Waals surface area contributed by atoms with Gasteiger partial charge in [0, 0.05) is 13.0 Å². The van der Waals surface area contributed by atoms with Crippen LogP contribution in [-0.2, 0) is 11.2 Å². The van der Waals surface area contributed by atoms with Crippen molar-refractivity contribution in [2.24, 2.45) is 0 Å². The Morgan fingerprint density at radius 2 is 2.00 bits per heavy atom. The molecule has 0 bridgehead atoms. The van der Waals surface area contributed by atoms with Crippen molar-refractivity contribution < 1.29 is 4.74 Å². The van der Waals surface area contributed by atoms with Gasteiger partial charge < -0.3 is 10.5 Å². The molecule has 0 spiro atoms. The summed E-state index contributed by atoms with van der Waals surface area (Å²) in [6.45, 7) is 6.44. The average molecular weight is 196 g/mol. The lowest BCUT2D eigenvalue weighted by Gasteiger charge is -2.10. The van der Waals surface area contributed by atoms with Gasteiger partial charge in [0.15, 0.2) is 5.82 Å². The predicted octanol–water partition coefficient (Wildman–Crippen LogP) is 1.11. The van der Waals surface area contributed by atoms with Gasteiger partial charge in [0.2, 0.25) is 5.95 Å². The maximum atomic E-state index is 5.55. The Kier molecular flexibility index (Phi) is 3.76. The summed E-state index contributed by atoms with van der Waals surface area (Å²) < 4.78 is 5.37. The van der Waals surface area contributed by atoms with Crippen LogP contribution in [-0.4, -0.2) is 21.6 Å². The zero-order chi connectivity index (χ0) is 10.6. The number of ether oxygens (including phenoxy) is 1. The molecule has 1 aromatic heterocycles. The number of anilines is 1. The van der Waals surface area contributed by atoms with Crippen molar-refractivity contribution in [3.05, 3.63) is 11.6 Å². The number of aryl methyl sites for hydroxylation is 1. The van der Waals surface area contributed by atoms with Crippen LogP contribution in [0.5, 0.6) is 0 Å². The van der Waals surface area contributed by atoms with Crippen molar-refractivity contribution in [2.75, 3.05) is 12.3 Å². The highest BCUT2D eigenvalue weighted by molar-refractivity contribution is 5.16. The van der Waals surface area contributed by atoms with Crippen LogP contribution in [0, 0.1) is 0 Å². The van der Waals surface area contributed by atoms with Crippen LogP contribution in [0.4, 0.5) is 5.95 Å². The first-order valence-corrected chi connectivity index (χ1v) is 4.79. The third-order valence-corrected chi connectivity index (χ3v) is 1.81. The smallest absolute Gasteiger partial charge is 0.223 e. The highest BCUT2D eigenvalue weighted by Crippen LogP contribution is 2.12. The minimum atomic E-state index is -0.129. The molecule has 0 saturated carbocycles. The van der Waals surface area contributed by atoms with Crippen LogP contribution in [0.1, 0.15) is 38.5 Å². The summed E-state index contributed by atoms with van der Waals surface area (Å²) in [6, 6.07) is 0. The molecule has 1 heterocycles. The molecule has 0 aliphatic carbocycles. The Morgan fingerprint density at radius 3 is 2.57 bits per heavy atom. The third-order valence-electron chi connectivity index (χ3n) is 1.81. The van der Waals surface area contributed by atoms with Crippen LogP contribution in [0.15, 0.2) is 0 Å². The van der Waals surface area contributed by atoms with Gasteiger partial charge in [-0.1, -0.05) is 6.92 Å². The highest BCUT2D eigenvalue weighted by atomic mass is 16.5. The van der Waals surface area contributed by atoms with Crippen LogP contribution >= 0.6 is 0 Å². The van der Waals surface area contributed by atoms with Crippen LogP contribution < -0.4 is 5.73 Å². The Labute approximate surface area is 83.7 Å². The lowest BCUT2D eigenvalue weighted by atomic mass is 10.3. The number of nitrogens with zero attached hydrogens (tertiary/aromatic N) is 3. The Bertz CT molecular complexity index is 303. The molecule has 1 rings (SSSR count). The number of hydrogen-bond donors (Lipinski definition) is 1. The fourth-order valence-corrected chi connectivity index (χ4v) is 1.12. The molecule has 14 heavy (non-hydrogen) atoms. The molecule has 1 aromatic rings. The van der Waals surface area contributed by atoms with E-state index in [9.17, 15) is 0 Å². The first-order valence-electron chi connectivity index (χ1n) is 4.79. The number of rotatable bonds is 4. The first kappa shape index (κ1) is 10.8. The average Bonchev–Trinajstić information content (AvgIpc) is 2.17. The van der Waals surface area contributed by atoms with Crippen molar-refractivity contribution in [2.45, 2.75) is 33.3 Å². The molecule has 2 N–H and O–H groups in total. The molecule has 0 aliphatic heterocycles. The van der Waals surface area contributed by atoms with E-state index in [0.29, 0.717) is 18.3 Å². The second kappa shape index (κ2) is 4.85. The molecular formula is C9H16N4O. The molecule has 0 aromatic carbocycles. The largest absolute Gasteiger partial charge is 0.371 e. The minimum Gasteiger partial charge on any atom is -0.371 e. The minimum absolute atomic E-state index is 0.129. The third kappa shape index (κ3) is 2.63. The van der Waals surface area contributed by atoms with Crippen molar-refractivity contribution in [3.8, 4) is 0 Å². The number of nitrogen functional groups attached to an aromatic ring is 1. The Balaban J connectivity index is 2.90. The van der Waals surface area contributed by atoms with Crippen LogP contribution in [0.2, 0.25) is 0 Å². The van der Waals surface area contributed by atoms with Crippen molar-refractivity contribution >= 4 is 5.95 Å². The van der Waals surface area contributed by atoms with E-state index < -0.39 is 0 Å². The van der Waals surface area contributed by atoms with Crippen molar-refractivity contribution in [1.82, 2.24) is 15.0 Å². The van der Waals surface area contributed by atoms with Gasteiger partial charge >= 0.3 is 0 Å². The molecular weight excluding hydrogens is 180 g/mol. The number of hydrogen-bond acceptors (Lipinski definition) is 5. The van der Waals surface area contributed by atoms with Crippen LogP contribution in [0.3, 0.4) is 0 Å². The summed E-state index contributed by atoms with van der Waals surface area (Å²) in [5.74, 6) is 1.58. The lowest BCUT2D eigenvalue weighted by Crippen LogP contribution is -2.11. The SMILES string of the molecule is CCOC(C)c1nc(N)nc(CC)n1. The quantitative estimate of drug-likeness (QED) is 0.780. The van der Waals surface area contributed by atoms with Crippen LogP contribution in [0.25, 0.3) is 0 Å². The molecule has 1 atom stereocenters. The van der Waals surface area contributed by atoms with Gasteiger partial charge in [-0.05, 0) is 13.8 Å². The first-order chi connectivity index (χ1) is 6.67. The fraction of sp³-hybridized carbons (Fsp3) is 0.667. The van der Waals surface area contributed by atoms with Gasteiger partial charge in [0.1, 0.15) is 11.9 Å². The number of nitrogens with two attached hydrogens (primary N) is 1. The Morgan fingerprint density at radius 1 is 1.29 bits per heavy atom. The normalized spacial score (nSPS) is 12.8. The zero-order valence-corrected chi connectivity index (χ0v) is 8.82. The molecule has 0 radical (unpaired) electrons. The van der Waals surface area contributed by atoms with E-state index in [1.54, 1.807) is 0 Å². The van der Waals surface area contributed by atoms with E-state index in [2.05, 4.69) is 15.0 Å². The molecule has 0 amide bonds.